The number of aromatic nitrogens is 1. The summed E-state index contributed by atoms with van der Waals surface area (Å²) in [6.45, 7) is 0.659. The van der Waals surface area contributed by atoms with Crippen molar-refractivity contribution in [2.75, 3.05) is 18.6 Å². The second kappa shape index (κ2) is 8.43. The number of nitrogens with zero attached hydrogens (tertiary/aromatic N) is 2. The number of benzene rings is 2. The molecular formula is C26H22N2O5. The Morgan fingerprint density at radius 1 is 1.15 bits per heavy atom. The molecule has 3 aromatic rings. The maximum Gasteiger partial charge on any atom is 0.300 e. The molecule has 2 aliphatic heterocycles. The highest BCUT2D eigenvalue weighted by molar-refractivity contribution is 6.51. The highest BCUT2D eigenvalue weighted by Gasteiger charge is 2.47. The summed E-state index contributed by atoms with van der Waals surface area (Å²) in [5.74, 6) is -0.264. The van der Waals surface area contributed by atoms with E-state index >= 15 is 0 Å². The molecule has 1 saturated heterocycles. The average Bonchev–Trinajstić information content (AvgIpc) is 3.14. The predicted octanol–water partition coefficient (Wildman–Crippen LogP) is 4.04. The molecule has 0 radical (unpaired) electrons. The van der Waals surface area contributed by atoms with Crippen molar-refractivity contribution < 1.29 is 24.2 Å². The lowest BCUT2D eigenvalue weighted by Crippen LogP contribution is -2.29. The second-order valence-electron chi connectivity index (χ2n) is 7.93. The van der Waals surface area contributed by atoms with Gasteiger partial charge in [-0.1, -0.05) is 6.07 Å². The Morgan fingerprint density at radius 3 is 2.70 bits per heavy atom. The lowest BCUT2D eigenvalue weighted by atomic mass is 9.94. The van der Waals surface area contributed by atoms with E-state index in [-0.39, 0.29) is 11.3 Å². The van der Waals surface area contributed by atoms with Crippen molar-refractivity contribution in [3.63, 3.8) is 0 Å². The molecule has 0 saturated carbocycles. The molecule has 7 nitrogen and oxygen atoms in total. The van der Waals surface area contributed by atoms with Crippen molar-refractivity contribution in [2.24, 2.45) is 0 Å². The third-order valence-electron chi connectivity index (χ3n) is 5.98. The van der Waals surface area contributed by atoms with Gasteiger partial charge in [0.2, 0.25) is 0 Å². The molecule has 0 spiro atoms. The minimum absolute atomic E-state index is 0.0282. The molecule has 0 aliphatic carbocycles. The van der Waals surface area contributed by atoms with Gasteiger partial charge in [0.1, 0.15) is 17.3 Å². The van der Waals surface area contributed by atoms with Gasteiger partial charge in [0.25, 0.3) is 11.7 Å². The van der Waals surface area contributed by atoms with Crippen molar-refractivity contribution in [1.29, 1.82) is 0 Å². The van der Waals surface area contributed by atoms with Gasteiger partial charge in [-0.15, -0.1) is 0 Å². The predicted molar refractivity (Wildman–Crippen MR) is 122 cm³/mol. The van der Waals surface area contributed by atoms with Gasteiger partial charge in [-0.2, -0.15) is 0 Å². The first-order valence-electron chi connectivity index (χ1n) is 10.7. The van der Waals surface area contributed by atoms with Crippen LogP contribution in [0.3, 0.4) is 0 Å². The van der Waals surface area contributed by atoms with Crippen LogP contribution in [0.15, 0.2) is 72.6 Å². The normalized spacial score (nSPS) is 19.2. The fourth-order valence-corrected chi connectivity index (χ4v) is 4.36. The number of pyridine rings is 1. The van der Waals surface area contributed by atoms with Crippen molar-refractivity contribution in [2.45, 2.75) is 18.9 Å². The molecular weight excluding hydrogens is 420 g/mol. The minimum atomic E-state index is -0.820. The molecule has 1 atom stereocenters. The number of rotatable bonds is 4. The molecule has 1 amide bonds. The Bertz CT molecular complexity index is 1250. The molecule has 1 aromatic heterocycles. The molecule has 1 unspecified atom stereocenters. The Balaban J connectivity index is 1.66. The Hall–Kier alpha value is -4.13. The number of ketones is 1. The lowest BCUT2D eigenvalue weighted by Gasteiger charge is -2.25. The summed E-state index contributed by atoms with van der Waals surface area (Å²) in [6.07, 6.45) is 4.92. The molecule has 2 aliphatic rings. The number of ether oxygens (including phenoxy) is 2. The highest BCUT2D eigenvalue weighted by Crippen LogP contribution is 2.42. The van der Waals surface area contributed by atoms with Crippen LogP contribution < -0.4 is 14.4 Å². The van der Waals surface area contributed by atoms with Gasteiger partial charge in [0.15, 0.2) is 0 Å². The van der Waals surface area contributed by atoms with Gasteiger partial charge < -0.3 is 14.6 Å². The van der Waals surface area contributed by atoms with E-state index < -0.39 is 17.7 Å². The van der Waals surface area contributed by atoms with Gasteiger partial charge in [-0.25, -0.2) is 0 Å². The van der Waals surface area contributed by atoms with Crippen LogP contribution in [-0.4, -0.2) is 35.5 Å². The molecule has 33 heavy (non-hydrogen) atoms. The molecule has 5 rings (SSSR count). The minimum Gasteiger partial charge on any atom is -0.507 e. The molecule has 2 aromatic carbocycles. The van der Waals surface area contributed by atoms with E-state index in [1.165, 1.54) is 4.90 Å². The summed E-state index contributed by atoms with van der Waals surface area (Å²) in [4.78, 5) is 32.0. The maximum absolute atomic E-state index is 13.2. The van der Waals surface area contributed by atoms with E-state index in [9.17, 15) is 14.7 Å². The molecule has 1 fully saturated rings. The Morgan fingerprint density at radius 2 is 1.97 bits per heavy atom. The first kappa shape index (κ1) is 20.8. The highest BCUT2D eigenvalue weighted by atomic mass is 16.5. The van der Waals surface area contributed by atoms with E-state index in [0.717, 1.165) is 24.2 Å². The number of carbonyl (C=O) groups excluding carboxylic acids is 2. The zero-order valence-electron chi connectivity index (χ0n) is 18.0. The van der Waals surface area contributed by atoms with Crippen molar-refractivity contribution in [3.05, 3.63) is 89.3 Å². The number of hydrogen-bond acceptors (Lipinski definition) is 6. The van der Waals surface area contributed by atoms with E-state index in [0.29, 0.717) is 29.2 Å². The van der Waals surface area contributed by atoms with Crippen molar-refractivity contribution in [1.82, 2.24) is 4.98 Å². The van der Waals surface area contributed by atoms with Gasteiger partial charge in [0.05, 0.1) is 25.3 Å². The third kappa shape index (κ3) is 3.61. The number of hydrogen-bond donors (Lipinski definition) is 1. The quantitative estimate of drug-likeness (QED) is 0.373. The SMILES string of the molecule is COc1ccc(N2C(=O)C(=O)/C(=C(\O)c3ccc4c(c3)CCCO4)C2c2cccnc2)cc1. The van der Waals surface area contributed by atoms with E-state index in [1.54, 1.807) is 68.0 Å². The molecule has 166 valence electrons. The number of Topliss-reactive ketones (excluding diaryl/α,β-unsaturated/α-hetero) is 1. The number of anilines is 1. The Labute approximate surface area is 190 Å². The Kier molecular flexibility index (Phi) is 5.30. The fourth-order valence-electron chi connectivity index (χ4n) is 4.36. The van der Waals surface area contributed by atoms with Gasteiger partial charge in [-0.05, 0) is 72.5 Å². The monoisotopic (exact) mass is 442 g/mol. The number of methoxy groups -OCH3 is 1. The fraction of sp³-hybridized carbons (Fsp3) is 0.192. The summed E-state index contributed by atoms with van der Waals surface area (Å²) in [6, 6.07) is 14.9. The number of aliphatic hydroxyl groups is 1. The first-order chi connectivity index (χ1) is 16.1. The van der Waals surface area contributed by atoms with Gasteiger partial charge >= 0.3 is 0 Å². The number of aliphatic hydroxyl groups excluding tert-OH is 1. The molecule has 3 heterocycles. The van der Waals surface area contributed by atoms with Crippen LogP contribution in [0.5, 0.6) is 11.5 Å². The zero-order valence-corrected chi connectivity index (χ0v) is 18.0. The zero-order chi connectivity index (χ0) is 22.9. The van der Waals surface area contributed by atoms with E-state index in [1.807, 2.05) is 6.07 Å². The maximum atomic E-state index is 13.2. The van der Waals surface area contributed by atoms with Crippen molar-refractivity contribution in [3.8, 4) is 11.5 Å². The van der Waals surface area contributed by atoms with Gasteiger partial charge in [0, 0.05) is 23.6 Å². The van der Waals surface area contributed by atoms with Crippen molar-refractivity contribution >= 4 is 23.1 Å². The number of fused-ring (bicyclic) bond motifs is 1. The third-order valence-corrected chi connectivity index (χ3v) is 5.98. The summed E-state index contributed by atoms with van der Waals surface area (Å²) in [7, 11) is 1.56. The molecule has 0 bridgehead atoms. The summed E-state index contributed by atoms with van der Waals surface area (Å²) in [5, 5.41) is 11.3. The summed E-state index contributed by atoms with van der Waals surface area (Å²) >= 11 is 0. The second-order valence-corrected chi connectivity index (χ2v) is 7.93. The van der Waals surface area contributed by atoms with Crippen LogP contribution in [0, 0.1) is 0 Å². The number of carbonyl (C=O) groups is 2. The summed E-state index contributed by atoms with van der Waals surface area (Å²) in [5.41, 5.74) is 2.61. The van der Waals surface area contributed by atoms with Crippen LogP contribution in [0.4, 0.5) is 5.69 Å². The van der Waals surface area contributed by atoms with Crippen LogP contribution >= 0.6 is 0 Å². The van der Waals surface area contributed by atoms with Gasteiger partial charge in [-0.3, -0.25) is 19.5 Å². The van der Waals surface area contributed by atoms with E-state index in [4.69, 9.17) is 9.47 Å². The average molecular weight is 442 g/mol. The largest absolute Gasteiger partial charge is 0.507 e. The van der Waals surface area contributed by atoms with Crippen LogP contribution in [-0.2, 0) is 16.0 Å². The molecule has 1 N–H and O–H groups in total. The topological polar surface area (TPSA) is 89.0 Å². The lowest BCUT2D eigenvalue weighted by molar-refractivity contribution is -0.132. The molecule has 7 heteroatoms. The summed E-state index contributed by atoms with van der Waals surface area (Å²) < 4.78 is 10.9. The van der Waals surface area contributed by atoms with Crippen LogP contribution in [0.25, 0.3) is 5.76 Å². The first-order valence-corrected chi connectivity index (χ1v) is 10.7. The number of aryl methyl sites for hydroxylation is 1. The smallest absolute Gasteiger partial charge is 0.300 e. The number of amides is 1. The van der Waals surface area contributed by atoms with E-state index in [2.05, 4.69) is 4.98 Å². The standard InChI is InChI=1S/C26H22N2O5/c1-32-20-9-7-19(8-10-20)28-23(18-4-2-12-27-15-18)22(25(30)26(28)31)24(29)17-6-11-21-16(14-17)5-3-13-33-21/h2,4,6-12,14-15,23,29H,3,5,13H2,1H3/b24-22-. The van der Waals surface area contributed by atoms with Crippen LogP contribution in [0.2, 0.25) is 0 Å². The van der Waals surface area contributed by atoms with Crippen LogP contribution in [0.1, 0.15) is 29.2 Å².